The fourth-order valence-electron chi connectivity index (χ4n) is 2.02. The van der Waals surface area contributed by atoms with Crippen molar-refractivity contribution in [2.45, 2.75) is 26.8 Å². The molecule has 0 unspecified atom stereocenters. The molecule has 0 heterocycles. The van der Waals surface area contributed by atoms with Gasteiger partial charge in [-0.2, -0.15) is 0 Å². The molecule has 2 aromatic rings. The molecule has 0 aliphatic heterocycles. The fourth-order valence-corrected chi connectivity index (χ4v) is 2.19. The molecule has 21 heavy (non-hydrogen) atoms. The maximum absolute atomic E-state index is 13.8. The average Bonchev–Trinajstić information content (AvgIpc) is 2.46. The lowest BCUT2D eigenvalue weighted by Gasteiger charge is -2.11. The molecule has 0 radical (unpaired) electrons. The van der Waals surface area contributed by atoms with Gasteiger partial charge in [0.05, 0.1) is 5.02 Å². The second-order valence-electron chi connectivity index (χ2n) is 4.92. The molecule has 0 spiro atoms. The third-order valence-corrected chi connectivity index (χ3v) is 3.49. The number of hydrogen-bond acceptors (Lipinski definition) is 2. The van der Waals surface area contributed by atoms with E-state index in [-0.39, 0.29) is 10.8 Å². The smallest absolute Gasteiger partial charge is 0.184 e. The van der Waals surface area contributed by atoms with Crippen LogP contribution in [0.2, 0.25) is 5.02 Å². The zero-order valence-corrected chi connectivity index (χ0v) is 13.0. The van der Waals surface area contributed by atoms with Crippen molar-refractivity contribution in [2.24, 2.45) is 0 Å². The fraction of sp³-hybridized carbons (Fsp3) is 0.294. The van der Waals surface area contributed by atoms with E-state index in [1.54, 1.807) is 12.1 Å². The van der Waals surface area contributed by atoms with Crippen LogP contribution in [0.15, 0.2) is 36.4 Å². The number of rotatable bonds is 6. The summed E-state index contributed by atoms with van der Waals surface area (Å²) in [4.78, 5) is 0. The number of ether oxygens (including phenoxy) is 1. The van der Waals surface area contributed by atoms with Gasteiger partial charge < -0.3 is 10.1 Å². The van der Waals surface area contributed by atoms with Gasteiger partial charge in [-0.3, -0.25) is 0 Å². The SMILES string of the molecule is CCCNCc1ccc(Oc2cccc(Cl)c2F)cc1C. The number of nitrogens with one attached hydrogen (secondary N) is 1. The molecule has 0 aliphatic rings. The van der Waals surface area contributed by atoms with Gasteiger partial charge in [0.15, 0.2) is 11.6 Å². The average molecular weight is 308 g/mol. The van der Waals surface area contributed by atoms with Gasteiger partial charge in [-0.15, -0.1) is 0 Å². The van der Waals surface area contributed by atoms with Crippen LogP contribution in [-0.2, 0) is 6.54 Å². The van der Waals surface area contributed by atoms with Crippen molar-refractivity contribution in [3.8, 4) is 11.5 Å². The molecule has 0 aliphatic carbocycles. The highest BCUT2D eigenvalue weighted by molar-refractivity contribution is 6.30. The minimum absolute atomic E-state index is 0.0598. The first-order chi connectivity index (χ1) is 10.1. The van der Waals surface area contributed by atoms with Crippen LogP contribution in [0.4, 0.5) is 4.39 Å². The summed E-state index contributed by atoms with van der Waals surface area (Å²) < 4.78 is 19.4. The zero-order chi connectivity index (χ0) is 15.2. The van der Waals surface area contributed by atoms with Crippen molar-refractivity contribution in [3.05, 3.63) is 58.4 Å². The molecule has 0 fully saturated rings. The Labute approximate surface area is 129 Å². The highest BCUT2D eigenvalue weighted by Gasteiger charge is 2.09. The first-order valence-corrected chi connectivity index (χ1v) is 7.41. The van der Waals surface area contributed by atoms with Gasteiger partial charge in [0, 0.05) is 6.54 Å². The highest BCUT2D eigenvalue weighted by atomic mass is 35.5. The maximum Gasteiger partial charge on any atom is 0.184 e. The van der Waals surface area contributed by atoms with Gasteiger partial charge in [0.25, 0.3) is 0 Å². The number of halogens is 2. The minimum Gasteiger partial charge on any atom is -0.454 e. The van der Waals surface area contributed by atoms with Crippen molar-refractivity contribution in [1.82, 2.24) is 5.32 Å². The third-order valence-electron chi connectivity index (χ3n) is 3.20. The predicted molar refractivity (Wildman–Crippen MR) is 84.7 cm³/mol. The summed E-state index contributed by atoms with van der Waals surface area (Å²) in [6.45, 7) is 5.97. The van der Waals surface area contributed by atoms with Crippen molar-refractivity contribution in [3.63, 3.8) is 0 Å². The zero-order valence-electron chi connectivity index (χ0n) is 12.2. The Morgan fingerprint density at radius 1 is 1.24 bits per heavy atom. The molecule has 2 aromatic carbocycles. The van der Waals surface area contributed by atoms with Crippen molar-refractivity contribution < 1.29 is 9.13 Å². The van der Waals surface area contributed by atoms with E-state index in [1.165, 1.54) is 11.6 Å². The summed E-state index contributed by atoms with van der Waals surface area (Å²) in [5, 5.41) is 3.42. The Morgan fingerprint density at radius 2 is 2.05 bits per heavy atom. The first-order valence-electron chi connectivity index (χ1n) is 7.04. The van der Waals surface area contributed by atoms with Crippen LogP contribution in [0.25, 0.3) is 0 Å². The quantitative estimate of drug-likeness (QED) is 0.751. The first kappa shape index (κ1) is 15.8. The van der Waals surface area contributed by atoms with E-state index in [2.05, 4.69) is 12.2 Å². The topological polar surface area (TPSA) is 21.3 Å². The van der Waals surface area contributed by atoms with Crippen LogP contribution < -0.4 is 10.1 Å². The highest BCUT2D eigenvalue weighted by Crippen LogP contribution is 2.29. The van der Waals surface area contributed by atoms with Gasteiger partial charge in [0.2, 0.25) is 0 Å². The molecule has 0 bridgehead atoms. The molecule has 0 aromatic heterocycles. The Hall–Kier alpha value is -1.58. The molecule has 2 nitrogen and oxygen atoms in total. The second kappa shape index (κ2) is 7.43. The second-order valence-corrected chi connectivity index (χ2v) is 5.33. The Morgan fingerprint density at radius 3 is 2.76 bits per heavy atom. The van der Waals surface area contributed by atoms with Crippen LogP contribution in [0, 0.1) is 12.7 Å². The molecule has 4 heteroatoms. The number of aryl methyl sites for hydroxylation is 1. The lowest BCUT2D eigenvalue weighted by atomic mass is 10.1. The molecule has 0 amide bonds. The number of hydrogen-bond donors (Lipinski definition) is 1. The van der Waals surface area contributed by atoms with E-state index < -0.39 is 5.82 Å². The molecule has 0 atom stereocenters. The molecule has 112 valence electrons. The molecule has 1 N–H and O–H groups in total. The van der Waals surface area contributed by atoms with E-state index >= 15 is 0 Å². The minimum atomic E-state index is -0.537. The lowest BCUT2D eigenvalue weighted by molar-refractivity contribution is 0.442. The van der Waals surface area contributed by atoms with Crippen LogP contribution in [0.3, 0.4) is 0 Å². The normalized spacial score (nSPS) is 10.7. The molecular weight excluding hydrogens is 289 g/mol. The van der Waals surface area contributed by atoms with Crippen molar-refractivity contribution in [1.29, 1.82) is 0 Å². The summed E-state index contributed by atoms with van der Waals surface area (Å²) >= 11 is 5.74. The summed E-state index contributed by atoms with van der Waals surface area (Å²) in [7, 11) is 0. The van der Waals surface area contributed by atoms with Gasteiger partial charge in [-0.25, -0.2) is 4.39 Å². The molecule has 0 saturated heterocycles. The van der Waals surface area contributed by atoms with E-state index in [0.29, 0.717) is 5.75 Å². The largest absolute Gasteiger partial charge is 0.454 e. The third kappa shape index (κ3) is 4.19. The summed E-state index contributed by atoms with van der Waals surface area (Å²) in [5.41, 5.74) is 2.32. The predicted octanol–water partition coefficient (Wildman–Crippen LogP) is 5.08. The molecule has 2 rings (SSSR count). The summed E-state index contributed by atoms with van der Waals surface area (Å²) in [6.07, 6.45) is 1.11. The van der Waals surface area contributed by atoms with E-state index in [4.69, 9.17) is 16.3 Å². The monoisotopic (exact) mass is 307 g/mol. The van der Waals surface area contributed by atoms with Crippen molar-refractivity contribution in [2.75, 3.05) is 6.54 Å². The lowest BCUT2D eigenvalue weighted by Crippen LogP contribution is -2.14. The molecule has 0 saturated carbocycles. The maximum atomic E-state index is 13.8. The Bertz CT molecular complexity index is 616. The van der Waals surface area contributed by atoms with E-state index in [0.717, 1.165) is 25.1 Å². The Kier molecular flexibility index (Phi) is 5.59. The summed E-state index contributed by atoms with van der Waals surface area (Å²) in [6, 6.07) is 10.5. The van der Waals surface area contributed by atoms with Crippen LogP contribution in [-0.4, -0.2) is 6.54 Å². The Balaban J connectivity index is 2.11. The van der Waals surface area contributed by atoms with Gasteiger partial charge in [-0.05, 0) is 55.3 Å². The molecular formula is C17H19ClFNO. The standard InChI is InChI=1S/C17H19ClFNO/c1-3-9-20-11-13-7-8-14(10-12(13)2)21-16-6-4-5-15(18)17(16)19/h4-8,10,20H,3,9,11H2,1-2H3. The van der Waals surface area contributed by atoms with E-state index in [9.17, 15) is 4.39 Å². The number of benzene rings is 2. The van der Waals surface area contributed by atoms with Gasteiger partial charge in [0.1, 0.15) is 5.75 Å². The summed E-state index contributed by atoms with van der Waals surface area (Å²) in [5.74, 6) is 0.206. The van der Waals surface area contributed by atoms with Crippen LogP contribution in [0.1, 0.15) is 24.5 Å². The van der Waals surface area contributed by atoms with Crippen LogP contribution in [0.5, 0.6) is 11.5 Å². The van der Waals surface area contributed by atoms with E-state index in [1.807, 2.05) is 25.1 Å². The van der Waals surface area contributed by atoms with Crippen molar-refractivity contribution >= 4 is 11.6 Å². The van der Waals surface area contributed by atoms with Gasteiger partial charge >= 0.3 is 0 Å². The van der Waals surface area contributed by atoms with Crippen LogP contribution >= 0.6 is 11.6 Å². The van der Waals surface area contributed by atoms with Gasteiger partial charge in [-0.1, -0.05) is 30.7 Å².